The highest BCUT2D eigenvalue weighted by molar-refractivity contribution is 5.76. The van der Waals surface area contributed by atoms with E-state index in [1.54, 1.807) is 12.1 Å². The number of carbonyl (C=O) groups excluding carboxylic acids is 1. The monoisotopic (exact) mass is 301 g/mol. The van der Waals surface area contributed by atoms with Crippen LogP contribution in [0.3, 0.4) is 0 Å². The first-order chi connectivity index (χ1) is 10.7. The Balaban J connectivity index is 1.82. The zero-order chi connectivity index (χ0) is 15.8. The van der Waals surface area contributed by atoms with Crippen LogP contribution in [0.1, 0.15) is 17.5 Å². The molecule has 2 aromatic carbocycles. The van der Waals surface area contributed by atoms with Crippen LogP contribution in [-0.2, 0) is 17.6 Å². The van der Waals surface area contributed by atoms with Crippen molar-refractivity contribution >= 4 is 5.91 Å². The molecule has 0 fully saturated rings. The first-order valence-electron chi connectivity index (χ1n) is 7.36. The molecular formula is C18H20FNO2. The molecule has 0 spiro atoms. The van der Waals surface area contributed by atoms with Gasteiger partial charge in [-0.1, -0.05) is 42.5 Å². The Bertz CT molecular complexity index is 601. The van der Waals surface area contributed by atoms with Gasteiger partial charge in [-0.15, -0.1) is 0 Å². The van der Waals surface area contributed by atoms with Gasteiger partial charge in [-0.05, 0) is 36.1 Å². The average Bonchev–Trinajstić information content (AvgIpc) is 2.53. The second kappa shape index (κ2) is 8.29. The molecule has 4 heteroatoms. The first kappa shape index (κ1) is 16.2. The fourth-order valence-corrected chi connectivity index (χ4v) is 2.31. The number of halogens is 1. The molecule has 0 bridgehead atoms. The minimum atomic E-state index is -0.303. The summed E-state index contributed by atoms with van der Waals surface area (Å²) >= 11 is 0. The molecule has 0 aliphatic carbocycles. The van der Waals surface area contributed by atoms with Gasteiger partial charge in [0.05, 0.1) is 12.6 Å². The Hall–Kier alpha value is -2.20. The molecule has 2 aromatic rings. The fraction of sp³-hybridized carbons (Fsp3) is 0.278. The van der Waals surface area contributed by atoms with Crippen molar-refractivity contribution in [1.29, 1.82) is 0 Å². The molecule has 3 nitrogen and oxygen atoms in total. The van der Waals surface area contributed by atoms with E-state index in [1.165, 1.54) is 12.1 Å². The van der Waals surface area contributed by atoms with Crippen LogP contribution in [0.4, 0.5) is 4.39 Å². The normalized spacial score (nSPS) is 11.9. The Morgan fingerprint density at radius 3 is 2.50 bits per heavy atom. The lowest BCUT2D eigenvalue weighted by Crippen LogP contribution is -2.39. The van der Waals surface area contributed by atoms with E-state index < -0.39 is 0 Å². The quantitative estimate of drug-likeness (QED) is 0.825. The van der Waals surface area contributed by atoms with Crippen LogP contribution >= 0.6 is 0 Å². The van der Waals surface area contributed by atoms with Gasteiger partial charge in [-0.3, -0.25) is 4.79 Å². The van der Waals surface area contributed by atoms with Gasteiger partial charge in [0.2, 0.25) is 5.91 Å². The number of aliphatic hydroxyl groups is 1. The number of nitrogens with one attached hydrogen (secondary N) is 1. The molecule has 1 unspecified atom stereocenters. The third-order valence-corrected chi connectivity index (χ3v) is 3.44. The largest absolute Gasteiger partial charge is 0.394 e. The van der Waals surface area contributed by atoms with Crippen molar-refractivity contribution in [3.63, 3.8) is 0 Å². The van der Waals surface area contributed by atoms with E-state index in [9.17, 15) is 14.3 Å². The molecular weight excluding hydrogens is 281 g/mol. The molecule has 1 amide bonds. The third-order valence-electron chi connectivity index (χ3n) is 3.44. The Kier molecular flexibility index (Phi) is 6.10. The van der Waals surface area contributed by atoms with Gasteiger partial charge in [0.1, 0.15) is 5.82 Å². The van der Waals surface area contributed by atoms with Crippen LogP contribution in [0.15, 0.2) is 54.6 Å². The van der Waals surface area contributed by atoms with Crippen LogP contribution in [-0.4, -0.2) is 23.7 Å². The average molecular weight is 301 g/mol. The fourth-order valence-electron chi connectivity index (χ4n) is 2.31. The molecule has 0 aromatic heterocycles. The molecule has 22 heavy (non-hydrogen) atoms. The van der Waals surface area contributed by atoms with E-state index >= 15 is 0 Å². The number of hydrogen-bond donors (Lipinski definition) is 2. The molecule has 0 aliphatic heterocycles. The standard InChI is InChI=1S/C18H20FNO2/c19-16-8-4-7-15(11-16)9-10-18(22)20-17(13-21)12-14-5-2-1-3-6-14/h1-8,11,17,21H,9-10,12-13H2,(H,20,22). The number of aliphatic hydroxyl groups excluding tert-OH is 1. The maximum atomic E-state index is 13.1. The summed E-state index contributed by atoms with van der Waals surface area (Å²) in [5, 5.41) is 12.2. The molecule has 0 saturated carbocycles. The molecule has 1 atom stereocenters. The summed E-state index contributed by atoms with van der Waals surface area (Å²) in [6.07, 6.45) is 1.34. The second-order valence-corrected chi connectivity index (χ2v) is 5.27. The van der Waals surface area contributed by atoms with E-state index in [-0.39, 0.29) is 30.8 Å². The zero-order valence-corrected chi connectivity index (χ0v) is 12.3. The molecule has 2 rings (SSSR count). The lowest BCUT2D eigenvalue weighted by Gasteiger charge is -2.16. The summed E-state index contributed by atoms with van der Waals surface area (Å²) in [5.41, 5.74) is 1.85. The summed E-state index contributed by atoms with van der Waals surface area (Å²) in [6.45, 7) is -0.111. The van der Waals surface area contributed by atoms with Crippen molar-refractivity contribution in [2.24, 2.45) is 0 Å². The summed E-state index contributed by atoms with van der Waals surface area (Å²) in [7, 11) is 0. The Labute approximate surface area is 129 Å². The van der Waals surface area contributed by atoms with E-state index in [0.717, 1.165) is 11.1 Å². The smallest absolute Gasteiger partial charge is 0.220 e. The van der Waals surface area contributed by atoms with Crippen molar-refractivity contribution in [2.45, 2.75) is 25.3 Å². The second-order valence-electron chi connectivity index (χ2n) is 5.27. The lowest BCUT2D eigenvalue weighted by molar-refractivity contribution is -0.122. The Morgan fingerprint density at radius 1 is 1.09 bits per heavy atom. The SMILES string of the molecule is O=C(CCc1cccc(F)c1)NC(CO)Cc1ccccc1. The van der Waals surface area contributed by atoms with Crippen molar-refractivity contribution in [2.75, 3.05) is 6.61 Å². The summed E-state index contributed by atoms with van der Waals surface area (Å²) in [5.74, 6) is -0.436. The van der Waals surface area contributed by atoms with E-state index in [1.807, 2.05) is 30.3 Å². The van der Waals surface area contributed by atoms with E-state index in [0.29, 0.717) is 12.8 Å². The topological polar surface area (TPSA) is 49.3 Å². The van der Waals surface area contributed by atoms with Crippen molar-refractivity contribution in [1.82, 2.24) is 5.32 Å². The Morgan fingerprint density at radius 2 is 1.82 bits per heavy atom. The van der Waals surface area contributed by atoms with Gasteiger partial charge >= 0.3 is 0 Å². The predicted molar refractivity (Wildman–Crippen MR) is 83.9 cm³/mol. The van der Waals surface area contributed by atoms with Gasteiger partial charge in [-0.2, -0.15) is 0 Å². The van der Waals surface area contributed by atoms with Gasteiger partial charge in [-0.25, -0.2) is 4.39 Å². The van der Waals surface area contributed by atoms with Crippen LogP contribution in [0.5, 0.6) is 0 Å². The molecule has 116 valence electrons. The third kappa shape index (κ3) is 5.30. The minimum Gasteiger partial charge on any atom is -0.394 e. The highest BCUT2D eigenvalue weighted by Crippen LogP contribution is 2.07. The molecule has 2 N–H and O–H groups in total. The maximum absolute atomic E-state index is 13.1. The number of amides is 1. The maximum Gasteiger partial charge on any atom is 0.220 e. The number of aryl methyl sites for hydroxylation is 1. The number of carbonyl (C=O) groups is 1. The summed E-state index contributed by atoms with van der Waals surface area (Å²) < 4.78 is 13.1. The molecule has 0 aliphatic rings. The van der Waals surface area contributed by atoms with E-state index in [4.69, 9.17) is 0 Å². The lowest BCUT2D eigenvalue weighted by atomic mass is 10.1. The van der Waals surface area contributed by atoms with Crippen LogP contribution < -0.4 is 5.32 Å². The first-order valence-corrected chi connectivity index (χ1v) is 7.36. The number of rotatable bonds is 7. The van der Waals surface area contributed by atoms with Crippen LogP contribution in [0.25, 0.3) is 0 Å². The van der Waals surface area contributed by atoms with E-state index in [2.05, 4.69) is 5.32 Å². The van der Waals surface area contributed by atoms with Crippen LogP contribution in [0.2, 0.25) is 0 Å². The van der Waals surface area contributed by atoms with Crippen molar-refractivity contribution in [3.05, 3.63) is 71.5 Å². The predicted octanol–water partition coefficient (Wildman–Crippen LogP) is 2.48. The minimum absolute atomic E-state index is 0.111. The van der Waals surface area contributed by atoms with Crippen molar-refractivity contribution in [3.8, 4) is 0 Å². The summed E-state index contributed by atoms with van der Waals surface area (Å²) in [6, 6.07) is 15.6. The van der Waals surface area contributed by atoms with Gasteiger partial charge < -0.3 is 10.4 Å². The summed E-state index contributed by atoms with van der Waals surface area (Å²) in [4.78, 5) is 11.9. The molecule has 0 saturated heterocycles. The van der Waals surface area contributed by atoms with Gasteiger partial charge in [0.25, 0.3) is 0 Å². The zero-order valence-electron chi connectivity index (χ0n) is 12.3. The van der Waals surface area contributed by atoms with Crippen molar-refractivity contribution < 1.29 is 14.3 Å². The number of hydrogen-bond acceptors (Lipinski definition) is 2. The van der Waals surface area contributed by atoms with Gasteiger partial charge in [0, 0.05) is 6.42 Å². The molecule has 0 radical (unpaired) electrons. The highest BCUT2D eigenvalue weighted by Gasteiger charge is 2.12. The number of benzene rings is 2. The van der Waals surface area contributed by atoms with Gasteiger partial charge in [0.15, 0.2) is 0 Å². The van der Waals surface area contributed by atoms with Crippen LogP contribution in [0, 0.1) is 5.82 Å². The highest BCUT2D eigenvalue weighted by atomic mass is 19.1. The molecule has 0 heterocycles.